The number of hydrogen-bond donors (Lipinski definition) is 5. The molecule has 0 saturated heterocycles. The van der Waals surface area contributed by atoms with Gasteiger partial charge < -0.3 is 20.2 Å². The normalized spacial score (nSPS) is 11.7. The molecule has 0 fully saturated rings. The number of imidazole rings is 1. The summed E-state index contributed by atoms with van der Waals surface area (Å²) in [6.45, 7) is 0. The Kier molecular flexibility index (Phi) is 4.51. The van der Waals surface area contributed by atoms with Crippen molar-refractivity contribution in [3.05, 3.63) is 72.7 Å². The maximum absolute atomic E-state index is 9.43. The van der Waals surface area contributed by atoms with E-state index in [1.807, 2.05) is 42.6 Å². The number of nitrogens with zero attached hydrogens (tertiary/aromatic N) is 3. The number of benzene rings is 1. The van der Waals surface area contributed by atoms with Crippen LogP contribution < -0.4 is 16.3 Å². The van der Waals surface area contributed by atoms with Crippen LogP contribution in [-0.4, -0.2) is 29.7 Å². The average Bonchev–Trinajstić information content (AvgIpc) is 3.10. The number of hydrogen-bond acceptors (Lipinski definition) is 8. The third-order valence-electron chi connectivity index (χ3n) is 4.24. The molecule has 1 aromatic carbocycles. The zero-order valence-corrected chi connectivity index (χ0v) is 14.5. The smallest absolute Gasteiger partial charge is 0.322 e. The van der Waals surface area contributed by atoms with Crippen LogP contribution in [0.2, 0.25) is 0 Å². The minimum absolute atomic E-state index is 0.269. The van der Waals surface area contributed by atoms with Gasteiger partial charge in [-0.15, -0.1) is 0 Å². The number of nitrogens with one attached hydrogen (secondary N) is 1. The topological polar surface area (TPSA) is 138 Å². The Hall–Kier alpha value is -3.34. The zero-order chi connectivity index (χ0) is 19.7. The number of aromatic nitrogens is 3. The van der Waals surface area contributed by atoms with Gasteiger partial charge in [-0.1, -0.05) is 35.9 Å². The second-order valence-corrected chi connectivity index (χ2v) is 6.05. The molecule has 4 rings (SSSR count). The highest BCUT2D eigenvalue weighted by Crippen LogP contribution is 2.32. The molecule has 0 atom stereocenters. The van der Waals surface area contributed by atoms with Crippen molar-refractivity contribution >= 4 is 5.65 Å². The summed E-state index contributed by atoms with van der Waals surface area (Å²) in [7, 11) is 0. The lowest BCUT2D eigenvalue weighted by Crippen LogP contribution is -2.26. The van der Waals surface area contributed by atoms with E-state index < -0.39 is 5.97 Å². The predicted molar refractivity (Wildman–Crippen MR) is 100 cm³/mol. The van der Waals surface area contributed by atoms with Gasteiger partial charge in [0.1, 0.15) is 11.3 Å². The molecule has 6 N–H and O–H groups in total. The van der Waals surface area contributed by atoms with Crippen LogP contribution in [0, 0.1) is 0 Å². The van der Waals surface area contributed by atoms with E-state index in [9.17, 15) is 15.3 Å². The molecule has 0 radical (unpaired) electrons. The first-order chi connectivity index (χ1) is 13.5. The summed E-state index contributed by atoms with van der Waals surface area (Å²) in [5, 5.41) is 28.3. The second kappa shape index (κ2) is 7.00. The van der Waals surface area contributed by atoms with E-state index in [1.165, 1.54) is 6.07 Å². The fraction of sp³-hybridized carbons (Fsp3) is 0.0526. The fourth-order valence-electron chi connectivity index (χ4n) is 2.98. The average molecular weight is 379 g/mol. The maximum atomic E-state index is 9.43. The van der Waals surface area contributed by atoms with Crippen LogP contribution in [0.4, 0.5) is 0 Å². The van der Waals surface area contributed by atoms with Gasteiger partial charge in [-0.3, -0.25) is 4.40 Å². The van der Waals surface area contributed by atoms with E-state index in [0.717, 1.165) is 16.7 Å². The number of fused-ring (bicyclic) bond motifs is 1. The van der Waals surface area contributed by atoms with Gasteiger partial charge in [0.2, 0.25) is 5.88 Å². The van der Waals surface area contributed by atoms with Crippen LogP contribution in [0.25, 0.3) is 28.0 Å². The lowest BCUT2D eigenvalue weighted by Gasteiger charge is -2.15. The van der Waals surface area contributed by atoms with Gasteiger partial charge in [-0.05, 0) is 35.4 Å². The van der Waals surface area contributed by atoms with Crippen molar-refractivity contribution in [2.45, 2.75) is 5.97 Å². The van der Waals surface area contributed by atoms with Crippen LogP contribution in [-0.2, 0) is 5.97 Å². The first-order valence-corrected chi connectivity index (χ1v) is 8.31. The van der Waals surface area contributed by atoms with Gasteiger partial charge in [0.25, 0.3) is 0 Å². The summed E-state index contributed by atoms with van der Waals surface area (Å²) in [5.41, 5.74) is 5.45. The first kappa shape index (κ1) is 18.0. The largest absolute Gasteiger partial charge is 0.373 e. The van der Waals surface area contributed by atoms with Gasteiger partial charge in [-0.2, -0.15) is 0 Å². The molecular formula is C19H17N5O4. The summed E-state index contributed by atoms with van der Waals surface area (Å²) < 4.78 is 1.73. The minimum Gasteiger partial charge on any atom is -0.373 e. The Morgan fingerprint density at radius 2 is 1.75 bits per heavy atom. The van der Waals surface area contributed by atoms with Crippen molar-refractivity contribution in [2.24, 2.45) is 5.84 Å². The first-order valence-electron chi connectivity index (χ1n) is 8.31. The van der Waals surface area contributed by atoms with E-state index in [2.05, 4.69) is 15.6 Å². The number of hydrazine groups is 1. The van der Waals surface area contributed by atoms with Crippen molar-refractivity contribution in [3.8, 4) is 28.3 Å². The lowest BCUT2D eigenvalue weighted by molar-refractivity contribution is -0.326. The zero-order valence-electron chi connectivity index (χ0n) is 14.5. The van der Waals surface area contributed by atoms with E-state index in [-0.39, 0.29) is 5.69 Å². The van der Waals surface area contributed by atoms with Crippen molar-refractivity contribution in [1.29, 1.82) is 0 Å². The minimum atomic E-state index is -3.01. The highest BCUT2D eigenvalue weighted by Gasteiger charge is 2.24. The molecule has 0 saturated carbocycles. The van der Waals surface area contributed by atoms with Crippen LogP contribution in [0.15, 0.2) is 67.0 Å². The molecule has 9 heteroatoms. The molecule has 0 unspecified atom stereocenters. The van der Waals surface area contributed by atoms with Crippen molar-refractivity contribution in [3.63, 3.8) is 0 Å². The summed E-state index contributed by atoms with van der Waals surface area (Å²) >= 11 is 0. The molecule has 4 aromatic rings. The molecule has 142 valence electrons. The summed E-state index contributed by atoms with van der Waals surface area (Å²) in [6.07, 6.45) is 3.38. The van der Waals surface area contributed by atoms with Gasteiger partial charge in [0, 0.05) is 11.8 Å². The van der Waals surface area contributed by atoms with E-state index in [0.29, 0.717) is 17.2 Å². The van der Waals surface area contributed by atoms with Crippen molar-refractivity contribution in [2.75, 3.05) is 0 Å². The second-order valence-electron chi connectivity index (χ2n) is 6.05. The van der Waals surface area contributed by atoms with Crippen molar-refractivity contribution < 1.29 is 20.2 Å². The summed E-state index contributed by atoms with van der Waals surface area (Å²) in [6, 6.07) is 15.9. The highest BCUT2D eigenvalue weighted by atomic mass is 16.7. The van der Waals surface area contributed by atoms with Gasteiger partial charge in [-0.25, -0.2) is 15.8 Å². The van der Waals surface area contributed by atoms with Crippen LogP contribution in [0.3, 0.4) is 0 Å². The molecule has 0 aliphatic carbocycles. The Bertz CT molecular complexity index is 1140. The van der Waals surface area contributed by atoms with Crippen LogP contribution >= 0.6 is 0 Å². The Morgan fingerprint density at radius 1 is 0.964 bits per heavy atom. The summed E-state index contributed by atoms with van der Waals surface area (Å²) in [5.74, 6) is 2.63. The monoisotopic (exact) mass is 379 g/mol. The number of pyridine rings is 2. The van der Waals surface area contributed by atoms with Crippen LogP contribution in [0.1, 0.15) is 5.69 Å². The maximum Gasteiger partial charge on any atom is 0.322 e. The van der Waals surface area contributed by atoms with E-state index in [1.54, 1.807) is 22.7 Å². The SMILES string of the molecule is NNOc1cnc2ccc(-c3ccccc3-c3cccc(C(O)(O)O)n3)cn12. The molecule has 3 heterocycles. The molecule has 0 spiro atoms. The lowest BCUT2D eigenvalue weighted by atomic mass is 9.98. The molecule has 3 aromatic heterocycles. The van der Waals surface area contributed by atoms with Crippen LogP contribution in [0.5, 0.6) is 5.88 Å². The number of aliphatic hydroxyl groups is 3. The molecular weight excluding hydrogens is 362 g/mol. The van der Waals surface area contributed by atoms with Crippen molar-refractivity contribution in [1.82, 2.24) is 20.0 Å². The highest BCUT2D eigenvalue weighted by molar-refractivity contribution is 5.82. The third kappa shape index (κ3) is 3.31. The molecule has 0 amide bonds. The standard InChI is InChI=1S/C19H17N5O4/c20-23-28-18-10-21-17-9-8-12(11-24(17)18)13-4-1-2-5-14(13)15-6-3-7-16(22-15)19(25,26)27/h1-11,23,25-27H,20H2. The molecule has 9 nitrogen and oxygen atoms in total. The summed E-state index contributed by atoms with van der Waals surface area (Å²) in [4.78, 5) is 13.6. The van der Waals surface area contributed by atoms with Gasteiger partial charge in [0.05, 0.1) is 11.9 Å². The van der Waals surface area contributed by atoms with Gasteiger partial charge in [0.15, 0.2) is 0 Å². The van der Waals surface area contributed by atoms with E-state index in [4.69, 9.17) is 10.7 Å². The Labute approximate surface area is 159 Å². The predicted octanol–water partition coefficient (Wildman–Crippen LogP) is 0.908. The number of nitrogens with two attached hydrogens (primary N) is 1. The molecule has 28 heavy (non-hydrogen) atoms. The quantitative estimate of drug-likeness (QED) is 0.196. The fourth-order valence-corrected chi connectivity index (χ4v) is 2.98. The van der Waals surface area contributed by atoms with E-state index >= 15 is 0 Å². The molecule has 0 bridgehead atoms. The third-order valence-corrected chi connectivity index (χ3v) is 4.24. The Balaban J connectivity index is 1.85. The molecule has 0 aliphatic heterocycles. The van der Waals surface area contributed by atoms with Gasteiger partial charge >= 0.3 is 5.97 Å². The number of rotatable bonds is 5. The molecule has 0 aliphatic rings. The Morgan fingerprint density at radius 3 is 2.50 bits per heavy atom.